The molecule has 3 amide bonds. The molecule has 3 heterocycles. The van der Waals surface area contributed by atoms with E-state index in [1.807, 2.05) is 18.2 Å². The molecule has 0 aliphatic carbocycles. The summed E-state index contributed by atoms with van der Waals surface area (Å²) in [6.45, 7) is 3.17. The summed E-state index contributed by atoms with van der Waals surface area (Å²) in [5.74, 6) is -0.816. The average Bonchev–Trinajstić information content (AvgIpc) is 3.38. The Labute approximate surface area is 205 Å². The number of methoxy groups -OCH3 is 1. The highest BCUT2D eigenvalue weighted by molar-refractivity contribution is 7.22. The van der Waals surface area contributed by atoms with Gasteiger partial charge in [-0.2, -0.15) is 0 Å². The van der Waals surface area contributed by atoms with Gasteiger partial charge in [-0.3, -0.25) is 19.3 Å². The third-order valence-corrected chi connectivity index (χ3v) is 7.44. The van der Waals surface area contributed by atoms with E-state index in [-0.39, 0.29) is 17.7 Å². The number of hydrogen-bond acceptors (Lipinski definition) is 7. The Bertz CT molecular complexity index is 1290. The second-order valence-electron chi connectivity index (χ2n) is 8.26. The second-order valence-corrected chi connectivity index (χ2v) is 9.70. The van der Waals surface area contributed by atoms with Crippen LogP contribution in [0.4, 0.5) is 5.13 Å². The fourth-order valence-corrected chi connectivity index (χ4v) is 5.59. The van der Waals surface area contributed by atoms with Crippen molar-refractivity contribution in [2.45, 2.75) is 6.42 Å². The summed E-state index contributed by atoms with van der Waals surface area (Å²) in [6.07, 6.45) is 0.569. The Morgan fingerprint density at radius 2 is 1.82 bits per heavy atom. The van der Waals surface area contributed by atoms with Gasteiger partial charge in [0.05, 0.1) is 21.3 Å². The van der Waals surface area contributed by atoms with Crippen molar-refractivity contribution in [3.05, 3.63) is 58.1 Å². The van der Waals surface area contributed by atoms with Gasteiger partial charge in [-0.15, -0.1) is 0 Å². The van der Waals surface area contributed by atoms with Crippen molar-refractivity contribution < 1.29 is 19.1 Å². The van der Waals surface area contributed by atoms with E-state index < -0.39 is 0 Å². The summed E-state index contributed by atoms with van der Waals surface area (Å²) < 4.78 is 6.05. The number of nitrogens with zero attached hydrogens (tertiary/aromatic N) is 4. The van der Waals surface area contributed by atoms with Crippen LogP contribution in [0.15, 0.2) is 36.4 Å². The molecule has 34 heavy (non-hydrogen) atoms. The standard InChI is InChI=1S/C24H23ClN4O4S/c1-33-12-2-7-29-22(31)17-5-3-15(13-18(17)23(29)32)21(30)27-8-10-28(11-9-27)24-26-19-6-4-16(25)14-20(19)34-24/h3-6,13-14H,2,7-12H2,1H3. The van der Waals surface area contributed by atoms with Crippen LogP contribution in [0.5, 0.6) is 0 Å². The van der Waals surface area contributed by atoms with Crippen molar-refractivity contribution >= 4 is 56.0 Å². The first kappa shape index (κ1) is 22.8. The number of benzene rings is 2. The molecule has 2 aliphatic heterocycles. The number of carbonyl (C=O) groups is 3. The van der Waals surface area contributed by atoms with Crippen molar-refractivity contribution in [1.82, 2.24) is 14.8 Å². The van der Waals surface area contributed by atoms with Crippen LogP contribution >= 0.6 is 22.9 Å². The zero-order valence-electron chi connectivity index (χ0n) is 18.6. The van der Waals surface area contributed by atoms with Gasteiger partial charge in [0, 0.05) is 57.0 Å². The van der Waals surface area contributed by atoms with E-state index >= 15 is 0 Å². The Morgan fingerprint density at radius 3 is 2.59 bits per heavy atom. The van der Waals surface area contributed by atoms with Gasteiger partial charge in [-0.05, 0) is 42.8 Å². The molecular weight excluding hydrogens is 476 g/mol. The average molecular weight is 499 g/mol. The molecule has 0 unspecified atom stereocenters. The molecule has 0 atom stereocenters. The van der Waals surface area contributed by atoms with Crippen LogP contribution in [0.1, 0.15) is 37.5 Å². The van der Waals surface area contributed by atoms with Gasteiger partial charge in [0.2, 0.25) is 0 Å². The largest absolute Gasteiger partial charge is 0.385 e. The van der Waals surface area contributed by atoms with Crippen LogP contribution in [0.2, 0.25) is 5.02 Å². The van der Waals surface area contributed by atoms with Crippen molar-refractivity contribution in [2.24, 2.45) is 0 Å². The third-order valence-electron chi connectivity index (χ3n) is 6.12. The molecule has 0 bridgehead atoms. The minimum atomic E-state index is -0.355. The molecule has 0 radical (unpaired) electrons. The quantitative estimate of drug-likeness (QED) is 0.382. The minimum Gasteiger partial charge on any atom is -0.385 e. The van der Waals surface area contributed by atoms with E-state index in [9.17, 15) is 14.4 Å². The second kappa shape index (κ2) is 9.32. The maximum Gasteiger partial charge on any atom is 0.261 e. The number of amides is 3. The number of anilines is 1. The number of carbonyl (C=O) groups excluding carboxylic acids is 3. The summed E-state index contributed by atoms with van der Waals surface area (Å²) in [5.41, 5.74) is 1.97. The lowest BCUT2D eigenvalue weighted by Crippen LogP contribution is -2.48. The molecule has 1 fully saturated rings. The lowest BCUT2D eigenvalue weighted by atomic mass is 10.0. The lowest BCUT2D eigenvalue weighted by molar-refractivity contribution is 0.0638. The highest BCUT2D eigenvalue weighted by Crippen LogP contribution is 2.31. The molecule has 8 nitrogen and oxygen atoms in total. The van der Waals surface area contributed by atoms with Gasteiger partial charge < -0.3 is 14.5 Å². The molecule has 176 valence electrons. The van der Waals surface area contributed by atoms with Crippen LogP contribution in [0.25, 0.3) is 10.2 Å². The van der Waals surface area contributed by atoms with E-state index in [1.54, 1.807) is 41.5 Å². The number of piperazine rings is 1. The highest BCUT2D eigenvalue weighted by Gasteiger charge is 2.36. The molecule has 5 rings (SSSR count). The maximum absolute atomic E-state index is 13.2. The topological polar surface area (TPSA) is 83.1 Å². The van der Waals surface area contributed by atoms with Crippen LogP contribution in [0, 0.1) is 0 Å². The maximum atomic E-state index is 13.2. The van der Waals surface area contributed by atoms with Crippen LogP contribution in [-0.4, -0.2) is 78.9 Å². The third kappa shape index (κ3) is 4.15. The SMILES string of the molecule is COCCCN1C(=O)c2ccc(C(=O)N3CCN(c4nc5ccc(Cl)cc5s4)CC3)cc2C1=O. The van der Waals surface area contributed by atoms with E-state index in [0.717, 1.165) is 15.3 Å². The van der Waals surface area contributed by atoms with Crippen molar-refractivity contribution in [2.75, 3.05) is 51.3 Å². The molecule has 1 aromatic heterocycles. The first-order chi connectivity index (χ1) is 16.5. The number of aromatic nitrogens is 1. The van der Waals surface area contributed by atoms with Gasteiger partial charge in [0.1, 0.15) is 0 Å². The van der Waals surface area contributed by atoms with E-state index in [2.05, 4.69) is 4.90 Å². The summed E-state index contributed by atoms with van der Waals surface area (Å²) in [4.78, 5) is 48.4. The number of imide groups is 1. The molecule has 1 saturated heterocycles. The molecule has 3 aromatic rings. The summed E-state index contributed by atoms with van der Waals surface area (Å²) >= 11 is 7.68. The minimum absolute atomic E-state index is 0.142. The number of hydrogen-bond donors (Lipinski definition) is 0. The number of ether oxygens (including phenoxy) is 1. The molecule has 2 aliphatic rings. The molecule has 0 saturated carbocycles. The first-order valence-corrected chi connectivity index (χ1v) is 12.2. The van der Waals surface area contributed by atoms with E-state index in [4.69, 9.17) is 21.3 Å². The van der Waals surface area contributed by atoms with Crippen molar-refractivity contribution in [3.8, 4) is 0 Å². The van der Waals surface area contributed by atoms with Crippen molar-refractivity contribution in [3.63, 3.8) is 0 Å². The van der Waals surface area contributed by atoms with Crippen LogP contribution < -0.4 is 4.90 Å². The molecule has 0 N–H and O–H groups in total. The van der Waals surface area contributed by atoms with E-state index in [1.165, 1.54) is 4.90 Å². The molecular formula is C24H23ClN4O4S. The predicted molar refractivity (Wildman–Crippen MR) is 131 cm³/mol. The molecule has 10 heteroatoms. The fraction of sp³-hybridized carbons (Fsp3) is 0.333. The summed E-state index contributed by atoms with van der Waals surface area (Å²) in [7, 11) is 1.58. The van der Waals surface area contributed by atoms with Gasteiger partial charge in [-0.25, -0.2) is 4.98 Å². The number of thiazole rings is 1. The number of halogens is 1. The van der Waals surface area contributed by atoms with Crippen LogP contribution in [0.3, 0.4) is 0 Å². The normalized spacial score (nSPS) is 16.0. The van der Waals surface area contributed by atoms with Gasteiger partial charge in [-0.1, -0.05) is 22.9 Å². The van der Waals surface area contributed by atoms with Gasteiger partial charge in [0.15, 0.2) is 5.13 Å². The predicted octanol–water partition coefficient (Wildman–Crippen LogP) is 3.54. The lowest BCUT2D eigenvalue weighted by Gasteiger charge is -2.34. The fourth-order valence-electron chi connectivity index (χ4n) is 4.30. The Kier molecular flexibility index (Phi) is 6.24. The monoisotopic (exact) mass is 498 g/mol. The Morgan fingerprint density at radius 1 is 1.06 bits per heavy atom. The van der Waals surface area contributed by atoms with Crippen molar-refractivity contribution in [1.29, 1.82) is 0 Å². The van der Waals surface area contributed by atoms with Crippen LogP contribution in [-0.2, 0) is 4.74 Å². The number of fused-ring (bicyclic) bond motifs is 2. The first-order valence-electron chi connectivity index (χ1n) is 11.1. The van der Waals surface area contributed by atoms with E-state index in [0.29, 0.717) is 67.5 Å². The number of rotatable bonds is 6. The Balaban J connectivity index is 1.25. The Hall–Kier alpha value is -3.01. The zero-order valence-corrected chi connectivity index (χ0v) is 20.2. The molecule has 2 aromatic carbocycles. The summed E-state index contributed by atoms with van der Waals surface area (Å²) in [5, 5.41) is 1.60. The van der Waals surface area contributed by atoms with Gasteiger partial charge in [0.25, 0.3) is 17.7 Å². The highest BCUT2D eigenvalue weighted by atomic mass is 35.5. The smallest absolute Gasteiger partial charge is 0.261 e. The molecule has 0 spiro atoms. The zero-order chi connectivity index (χ0) is 23.8. The van der Waals surface area contributed by atoms with Gasteiger partial charge >= 0.3 is 0 Å². The summed E-state index contributed by atoms with van der Waals surface area (Å²) in [6, 6.07) is 10.4.